The molecule has 6 aromatic carbocycles. The molecular weight excluding hydrogens is 489 g/mol. The van der Waals surface area contributed by atoms with Crippen molar-refractivity contribution >= 4 is 79.0 Å². The second-order valence-corrected chi connectivity index (χ2v) is 10.3. The van der Waals surface area contributed by atoms with Gasteiger partial charge in [0.05, 0.1) is 11.0 Å². The molecule has 0 saturated carbocycles. The van der Waals surface area contributed by atoms with Crippen LogP contribution in [0.25, 0.3) is 82.5 Å². The molecule has 0 fully saturated rings. The Morgan fingerprint density at radius 1 is 0.475 bits per heavy atom. The molecule has 4 heteroatoms. The highest BCUT2D eigenvalue weighted by atomic mass is 16.3. The van der Waals surface area contributed by atoms with Crippen LogP contribution < -0.4 is 5.46 Å². The first-order valence-corrected chi connectivity index (χ1v) is 13.4. The summed E-state index contributed by atoms with van der Waals surface area (Å²) in [5, 5.41) is 6.56. The highest BCUT2D eigenvalue weighted by molar-refractivity contribution is 6.44. The largest absolute Gasteiger partial charge is 0.456 e. The lowest BCUT2D eigenvalue weighted by Gasteiger charge is -2.13. The number of rotatable bonds is 2. The quantitative estimate of drug-likeness (QED) is 0.218. The average molecular weight is 509 g/mol. The number of fused-ring (bicyclic) bond motifs is 9. The molecule has 3 aromatic heterocycles. The third kappa shape index (κ3) is 2.85. The summed E-state index contributed by atoms with van der Waals surface area (Å²) in [5.74, 6) is 0. The molecule has 0 aliphatic rings. The van der Waals surface area contributed by atoms with Crippen LogP contribution in [0.2, 0.25) is 0 Å². The summed E-state index contributed by atoms with van der Waals surface area (Å²) in [6.07, 6.45) is 0. The Kier molecular flexibility index (Phi) is 4.29. The van der Waals surface area contributed by atoms with Crippen LogP contribution >= 0.6 is 0 Å². The first kappa shape index (κ1) is 21.7. The Bertz CT molecular complexity index is 2400. The van der Waals surface area contributed by atoms with E-state index in [1.54, 1.807) is 0 Å². The van der Waals surface area contributed by atoms with E-state index in [2.05, 4.69) is 89.5 Å². The van der Waals surface area contributed by atoms with Crippen molar-refractivity contribution < 1.29 is 8.83 Å². The van der Waals surface area contributed by atoms with Crippen molar-refractivity contribution in [1.29, 1.82) is 0 Å². The minimum absolute atomic E-state index is 0.699. The highest BCUT2D eigenvalue weighted by Gasteiger charge is 2.19. The third-order valence-corrected chi connectivity index (χ3v) is 8.19. The van der Waals surface area contributed by atoms with Crippen molar-refractivity contribution in [2.45, 2.75) is 0 Å². The number of benzene rings is 6. The van der Waals surface area contributed by atoms with Gasteiger partial charge in [-0.3, -0.25) is 0 Å². The summed E-state index contributed by atoms with van der Waals surface area (Å²) in [6, 6.07) is 41.8. The number of aromatic nitrogens is 1. The van der Waals surface area contributed by atoms with Gasteiger partial charge in [-0.25, -0.2) is 0 Å². The van der Waals surface area contributed by atoms with E-state index in [9.17, 15) is 0 Å². The van der Waals surface area contributed by atoms with Crippen LogP contribution in [0.5, 0.6) is 0 Å². The normalized spacial score (nSPS) is 12.1. The zero-order chi connectivity index (χ0) is 26.4. The van der Waals surface area contributed by atoms with E-state index in [-0.39, 0.29) is 0 Å². The van der Waals surface area contributed by atoms with Gasteiger partial charge >= 0.3 is 0 Å². The van der Waals surface area contributed by atoms with E-state index >= 15 is 0 Å². The number of hydrogen-bond acceptors (Lipinski definition) is 2. The van der Waals surface area contributed by atoms with Crippen LogP contribution in [-0.4, -0.2) is 12.4 Å². The van der Waals surface area contributed by atoms with Crippen LogP contribution in [0.3, 0.4) is 0 Å². The highest BCUT2D eigenvalue weighted by Crippen LogP contribution is 2.40. The van der Waals surface area contributed by atoms with E-state index in [1.807, 2.05) is 36.4 Å². The third-order valence-electron chi connectivity index (χ3n) is 8.19. The van der Waals surface area contributed by atoms with E-state index < -0.39 is 0 Å². The number of nitrogens with zero attached hydrogens (tertiary/aromatic N) is 1. The fraction of sp³-hybridized carbons (Fsp3) is 0. The predicted molar refractivity (Wildman–Crippen MR) is 166 cm³/mol. The number of para-hydroxylation sites is 3. The average Bonchev–Trinajstić information content (AvgIpc) is 3.67. The molecule has 9 aromatic rings. The molecule has 0 N–H and O–H groups in total. The Morgan fingerprint density at radius 2 is 1.07 bits per heavy atom. The summed E-state index contributed by atoms with van der Waals surface area (Å²) in [7, 11) is 7.10. The molecule has 0 saturated heterocycles. The minimum atomic E-state index is 0.699. The standard InChI is InChI=1S/C36H20BNO2/c37-36-29(38-27-12-4-1-8-23(27)24-9-2-5-13-28(24)38)17-19-33-35(36)34-22(11-7-15-32(34)40-33)21-16-18-31-26(20-21)25-10-3-6-14-30(25)39-31/h1-20H. The molecule has 184 valence electrons. The van der Waals surface area contributed by atoms with Gasteiger partial charge in [-0.15, -0.1) is 0 Å². The fourth-order valence-electron chi connectivity index (χ4n) is 6.44. The molecule has 40 heavy (non-hydrogen) atoms. The lowest BCUT2D eigenvalue weighted by atomic mass is 9.87. The Balaban J connectivity index is 1.36. The van der Waals surface area contributed by atoms with Gasteiger partial charge in [0.25, 0.3) is 0 Å². The van der Waals surface area contributed by atoms with Crippen LogP contribution in [0.4, 0.5) is 0 Å². The van der Waals surface area contributed by atoms with Gasteiger partial charge in [0.2, 0.25) is 0 Å². The van der Waals surface area contributed by atoms with Gasteiger partial charge in [-0.2, -0.15) is 0 Å². The molecule has 0 aliphatic carbocycles. The maximum absolute atomic E-state index is 7.10. The zero-order valence-electron chi connectivity index (χ0n) is 21.4. The number of furan rings is 2. The molecule has 9 rings (SSSR count). The molecule has 0 aliphatic heterocycles. The van der Waals surface area contributed by atoms with Crippen molar-refractivity contribution in [3.63, 3.8) is 0 Å². The SMILES string of the molecule is [B]c1c(-n2c3ccccc3c3ccccc32)ccc2oc3cccc(-c4ccc5oc6ccccc6c5c4)c3c12. The van der Waals surface area contributed by atoms with Crippen molar-refractivity contribution in [2.75, 3.05) is 0 Å². The molecule has 0 unspecified atom stereocenters. The van der Waals surface area contributed by atoms with Gasteiger partial charge in [-0.05, 0) is 59.7 Å². The smallest absolute Gasteiger partial charge is 0.136 e. The van der Waals surface area contributed by atoms with Crippen molar-refractivity contribution in [3.8, 4) is 16.8 Å². The molecule has 0 amide bonds. The van der Waals surface area contributed by atoms with Crippen LogP contribution in [-0.2, 0) is 0 Å². The van der Waals surface area contributed by atoms with Crippen LogP contribution in [0.1, 0.15) is 0 Å². The fourth-order valence-corrected chi connectivity index (χ4v) is 6.44. The van der Waals surface area contributed by atoms with Crippen molar-refractivity contribution in [2.24, 2.45) is 0 Å². The number of hydrogen-bond donors (Lipinski definition) is 0. The Labute approximate surface area is 230 Å². The maximum Gasteiger partial charge on any atom is 0.136 e. The summed E-state index contributed by atoms with van der Waals surface area (Å²) >= 11 is 0. The van der Waals surface area contributed by atoms with E-state index in [1.165, 1.54) is 10.8 Å². The van der Waals surface area contributed by atoms with Crippen molar-refractivity contribution in [3.05, 3.63) is 121 Å². The van der Waals surface area contributed by atoms with E-state index in [0.717, 1.165) is 71.7 Å². The predicted octanol–water partition coefficient (Wildman–Crippen LogP) is 9.04. The van der Waals surface area contributed by atoms with Crippen LogP contribution in [0.15, 0.2) is 130 Å². The molecule has 0 bridgehead atoms. The minimum Gasteiger partial charge on any atom is -0.456 e. The summed E-state index contributed by atoms with van der Waals surface area (Å²) in [6.45, 7) is 0. The van der Waals surface area contributed by atoms with Gasteiger partial charge in [0.1, 0.15) is 30.2 Å². The molecular formula is C36H20BNO2. The topological polar surface area (TPSA) is 31.2 Å². The molecule has 3 heterocycles. The van der Waals surface area contributed by atoms with Gasteiger partial charge < -0.3 is 13.4 Å². The molecule has 0 atom stereocenters. The Hall–Kier alpha value is -5.22. The Morgan fingerprint density at radius 3 is 1.88 bits per heavy atom. The van der Waals surface area contributed by atoms with Gasteiger partial charge in [0.15, 0.2) is 0 Å². The lowest BCUT2D eigenvalue weighted by molar-refractivity contribution is 0.669. The summed E-state index contributed by atoms with van der Waals surface area (Å²) in [4.78, 5) is 0. The monoisotopic (exact) mass is 509 g/mol. The first-order valence-electron chi connectivity index (χ1n) is 13.4. The first-order chi connectivity index (χ1) is 19.8. The maximum atomic E-state index is 7.10. The molecule has 3 nitrogen and oxygen atoms in total. The summed E-state index contributed by atoms with van der Waals surface area (Å²) in [5.41, 5.74) is 9.42. The zero-order valence-corrected chi connectivity index (χ0v) is 21.4. The van der Waals surface area contributed by atoms with Gasteiger partial charge in [0, 0.05) is 38.0 Å². The molecule has 2 radical (unpaired) electrons. The second-order valence-electron chi connectivity index (χ2n) is 10.3. The molecule has 0 spiro atoms. The van der Waals surface area contributed by atoms with E-state index in [0.29, 0.717) is 5.46 Å². The summed E-state index contributed by atoms with van der Waals surface area (Å²) < 4.78 is 14.7. The van der Waals surface area contributed by atoms with Crippen LogP contribution in [0, 0.1) is 0 Å². The lowest BCUT2D eigenvalue weighted by Crippen LogP contribution is -2.13. The second kappa shape index (κ2) is 7.90. The van der Waals surface area contributed by atoms with Crippen molar-refractivity contribution in [1.82, 2.24) is 4.57 Å². The van der Waals surface area contributed by atoms with Gasteiger partial charge in [-0.1, -0.05) is 78.3 Å². The van der Waals surface area contributed by atoms with E-state index in [4.69, 9.17) is 16.7 Å².